The number of rotatable bonds is 2. The zero-order valence-electron chi connectivity index (χ0n) is 8.51. The maximum absolute atomic E-state index is 13.3. The van der Waals surface area contributed by atoms with Crippen LogP contribution in [0.25, 0.3) is 5.69 Å². The highest BCUT2D eigenvalue weighted by Crippen LogP contribution is 2.13. The fraction of sp³-hybridized carbons (Fsp3) is 0.0909. The van der Waals surface area contributed by atoms with E-state index in [9.17, 15) is 9.18 Å². The molecule has 0 radical (unpaired) electrons. The van der Waals surface area contributed by atoms with E-state index in [1.807, 2.05) is 0 Å². The van der Waals surface area contributed by atoms with Gasteiger partial charge >= 0.3 is 5.97 Å². The fourth-order valence-corrected chi connectivity index (χ4v) is 1.31. The quantitative estimate of drug-likeness (QED) is 0.842. The first kappa shape index (κ1) is 10.4. The van der Waals surface area contributed by atoms with Crippen LogP contribution in [0.2, 0.25) is 0 Å². The van der Waals surface area contributed by atoms with Crippen LogP contribution in [0.3, 0.4) is 0 Å². The van der Waals surface area contributed by atoms with Crippen LogP contribution < -0.4 is 0 Å². The van der Waals surface area contributed by atoms with Gasteiger partial charge in [-0.3, -0.25) is 0 Å². The first-order valence-corrected chi connectivity index (χ1v) is 4.63. The number of carbonyl (C=O) groups is 1. The summed E-state index contributed by atoms with van der Waals surface area (Å²) in [6, 6.07) is 5.97. The Morgan fingerprint density at radius 1 is 1.44 bits per heavy atom. The summed E-state index contributed by atoms with van der Waals surface area (Å²) in [5.74, 6) is -1.45. The third kappa shape index (κ3) is 1.79. The van der Waals surface area contributed by atoms with Gasteiger partial charge < -0.3 is 5.11 Å². The van der Waals surface area contributed by atoms with Crippen LogP contribution >= 0.6 is 0 Å². The number of aromatic carboxylic acids is 1. The van der Waals surface area contributed by atoms with Gasteiger partial charge in [-0.2, -0.15) is 5.10 Å². The molecular formula is C11H9FN2O2. The van der Waals surface area contributed by atoms with Crippen molar-refractivity contribution in [2.24, 2.45) is 0 Å². The minimum absolute atomic E-state index is 0.0685. The number of carboxylic acid groups (broad SMARTS) is 1. The fourth-order valence-electron chi connectivity index (χ4n) is 1.31. The van der Waals surface area contributed by atoms with Gasteiger partial charge in [0.15, 0.2) is 5.69 Å². The van der Waals surface area contributed by atoms with Gasteiger partial charge in [0.2, 0.25) is 0 Å². The number of carboxylic acids is 1. The smallest absolute Gasteiger partial charge is 0.356 e. The molecule has 82 valence electrons. The minimum atomic E-state index is -1.11. The first-order chi connectivity index (χ1) is 7.58. The standard InChI is InChI=1S/C11H9FN2O2/c1-7-2-3-8(6-9(7)12)14-5-4-10(13-14)11(15)16/h2-6H,1H3,(H,15,16). The molecule has 0 atom stereocenters. The van der Waals surface area contributed by atoms with Gasteiger partial charge in [0.05, 0.1) is 5.69 Å². The molecule has 0 saturated carbocycles. The Bertz CT molecular complexity index is 549. The molecule has 0 aliphatic rings. The van der Waals surface area contributed by atoms with Crippen molar-refractivity contribution < 1.29 is 14.3 Å². The summed E-state index contributed by atoms with van der Waals surface area (Å²) in [5, 5.41) is 12.5. The van der Waals surface area contributed by atoms with Crippen LogP contribution in [0.5, 0.6) is 0 Å². The molecule has 16 heavy (non-hydrogen) atoms. The molecule has 1 aromatic carbocycles. The topological polar surface area (TPSA) is 55.1 Å². The van der Waals surface area contributed by atoms with E-state index in [2.05, 4.69) is 5.10 Å². The normalized spacial score (nSPS) is 10.4. The molecule has 0 amide bonds. The lowest BCUT2D eigenvalue weighted by atomic mass is 10.2. The molecule has 1 heterocycles. The van der Waals surface area contributed by atoms with Crippen LogP contribution in [-0.2, 0) is 0 Å². The molecule has 5 heteroatoms. The monoisotopic (exact) mass is 220 g/mol. The summed E-state index contributed by atoms with van der Waals surface area (Å²) in [4.78, 5) is 10.6. The lowest BCUT2D eigenvalue weighted by Gasteiger charge is -2.02. The SMILES string of the molecule is Cc1ccc(-n2ccc(C(=O)O)n2)cc1F. The summed E-state index contributed by atoms with van der Waals surface area (Å²) < 4.78 is 14.6. The van der Waals surface area contributed by atoms with Crippen molar-refractivity contribution in [3.8, 4) is 5.69 Å². The van der Waals surface area contributed by atoms with E-state index < -0.39 is 5.97 Å². The van der Waals surface area contributed by atoms with Gasteiger partial charge in [0, 0.05) is 6.20 Å². The molecule has 0 unspecified atom stereocenters. The molecule has 0 spiro atoms. The molecule has 0 fully saturated rings. The Morgan fingerprint density at radius 3 is 2.75 bits per heavy atom. The predicted octanol–water partition coefficient (Wildman–Crippen LogP) is 2.02. The van der Waals surface area contributed by atoms with Crippen molar-refractivity contribution in [1.82, 2.24) is 9.78 Å². The second kappa shape index (κ2) is 3.77. The molecule has 2 aromatic rings. The maximum Gasteiger partial charge on any atom is 0.356 e. The number of aryl methyl sites for hydroxylation is 1. The van der Waals surface area contributed by atoms with E-state index in [1.165, 1.54) is 23.0 Å². The molecule has 2 rings (SSSR count). The number of halogens is 1. The number of hydrogen-bond donors (Lipinski definition) is 1. The van der Waals surface area contributed by atoms with E-state index in [0.717, 1.165) is 0 Å². The van der Waals surface area contributed by atoms with Crippen LogP contribution in [0.1, 0.15) is 16.1 Å². The van der Waals surface area contributed by atoms with E-state index in [1.54, 1.807) is 19.1 Å². The number of hydrogen-bond acceptors (Lipinski definition) is 2. The number of benzene rings is 1. The van der Waals surface area contributed by atoms with Gasteiger partial charge in [0.25, 0.3) is 0 Å². The van der Waals surface area contributed by atoms with Crippen LogP contribution in [0.15, 0.2) is 30.5 Å². The van der Waals surface area contributed by atoms with Crippen molar-refractivity contribution in [1.29, 1.82) is 0 Å². The Balaban J connectivity index is 2.42. The average molecular weight is 220 g/mol. The van der Waals surface area contributed by atoms with Gasteiger partial charge in [-0.05, 0) is 30.7 Å². The number of aromatic nitrogens is 2. The Labute approximate surface area is 90.9 Å². The van der Waals surface area contributed by atoms with Crippen LogP contribution in [0.4, 0.5) is 4.39 Å². The summed E-state index contributed by atoms with van der Waals surface area (Å²) >= 11 is 0. The molecule has 0 aliphatic carbocycles. The third-order valence-corrected chi connectivity index (χ3v) is 2.23. The largest absolute Gasteiger partial charge is 0.476 e. The molecule has 4 nitrogen and oxygen atoms in total. The van der Waals surface area contributed by atoms with Gasteiger partial charge in [-0.1, -0.05) is 6.07 Å². The van der Waals surface area contributed by atoms with E-state index in [-0.39, 0.29) is 11.5 Å². The second-order valence-corrected chi connectivity index (χ2v) is 3.38. The van der Waals surface area contributed by atoms with Gasteiger partial charge in [0.1, 0.15) is 5.82 Å². The van der Waals surface area contributed by atoms with Crippen molar-refractivity contribution in [3.63, 3.8) is 0 Å². The summed E-state index contributed by atoms with van der Waals surface area (Å²) in [7, 11) is 0. The zero-order valence-corrected chi connectivity index (χ0v) is 8.51. The van der Waals surface area contributed by atoms with Crippen molar-refractivity contribution in [3.05, 3.63) is 47.5 Å². The summed E-state index contributed by atoms with van der Waals surface area (Å²) in [6.07, 6.45) is 1.48. The highest BCUT2D eigenvalue weighted by atomic mass is 19.1. The highest BCUT2D eigenvalue weighted by molar-refractivity contribution is 5.85. The van der Waals surface area contributed by atoms with E-state index in [4.69, 9.17) is 5.11 Å². The molecular weight excluding hydrogens is 211 g/mol. The molecule has 0 aliphatic heterocycles. The van der Waals surface area contributed by atoms with Gasteiger partial charge in [-0.25, -0.2) is 13.9 Å². The number of nitrogens with zero attached hydrogens (tertiary/aromatic N) is 2. The molecule has 0 saturated heterocycles. The Morgan fingerprint density at radius 2 is 2.19 bits per heavy atom. The van der Waals surface area contributed by atoms with E-state index in [0.29, 0.717) is 11.3 Å². The lowest BCUT2D eigenvalue weighted by molar-refractivity contribution is 0.0690. The first-order valence-electron chi connectivity index (χ1n) is 4.63. The Kier molecular flexibility index (Phi) is 2.44. The summed E-state index contributed by atoms with van der Waals surface area (Å²) in [5.41, 5.74) is 0.964. The van der Waals surface area contributed by atoms with Crippen molar-refractivity contribution in [2.45, 2.75) is 6.92 Å². The molecule has 0 bridgehead atoms. The predicted molar refractivity (Wildman–Crippen MR) is 55.2 cm³/mol. The molecule has 1 aromatic heterocycles. The second-order valence-electron chi connectivity index (χ2n) is 3.38. The zero-order chi connectivity index (χ0) is 11.7. The molecule has 1 N–H and O–H groups in total. The van der Waals surface area contributed by atoms with Crippen molar-refractivity contribution >= 4 is 5.97 Å². The van der Waals surface area contributed by atoms with E-state index >= 15 is 0 Å². The van der Waals surface area contributed by atoms with Crippen LogP contribution in [-0.4, -0.2) is 20.9 Å². The highest BCUT2D eigenvalue weighted by Gasteiger charge is 2.08. The van der Waals surface area contributed by atoms with Gasteiger partial charge in [-0.15, -0.1) is 0 Å². The lowest BCUT2D eigenvalue weighted by Crippen LogP contribution is -2.01. The van der Waals surface area contributed by atoms with Crippen molar-refractivity contribution in [2.75, 3.05) is 0 Å². The third-order valence-electron chi connectivity index (χ3n) is 2.23. The summed E-state index contributed by atoms with van der Waals surface area (Å²) in [6.45, 7) is 1.66. The Hall–Kier alpha value is -2.17. The van der Waals surface area contributed by atoms with Crippen LogP contribution in [0, 0.1) is 12.7 Å². The minimum Gasteiger partial charge on any atom is -0.476 e. The maximum atomic E-state index is 13.3. The average Bonchev–Trinajstić information content (AvgIpc) is 2.71.